The van der Waals surface area contributed by atoms with Crippen LogP contribution in [0.25, 0.3) is 10.1 Å². The smallest absolute Gasteiger partial charge is 0.0442 e. The van der Waals surface area contributed by atoms with Crippen molar-refractivity contribution in [2.45, 2.75) is 37.6 Å². The third-order valence-electron chi connectivity index (χ3n) is 5.92. The fraction of sp³-hybridized carbons (Fsp3) is 0.417. The summed E-state index contributed by atoms with van der Waals surface area (Å²) >= 11 is 1.99. The second-order valence-corrected chi connectivity index (χ2v) is 8.78. The van der Waals surface area contributed by atoms with Crippen LogP contribution in [0.1, 0.15) is 48.1 Å². The molecule has 0 spiro atoms. The Morgan fingerprint density at radius 1 is 1.04 bits per heavy atom. The van der Waals surface area contributed by atoms with Gasteiger partial charge < -0.3 is 5.32 Å². The van der Waals surface area contributed by atoms with Gasteiger partial charge in [0.25, 0.3) is 0 Å². The quantitative estimate of drug-likeness (QED) is 0.521. The summed E-state index contributed by atoms with van der Waals surface area (Å²) in [6.45, 7) is 3.51. The molecule has 27 heavy (non-hydrogen) atoms. The summed E-state index contributed by atoms with van der Waals surface area (Å²) in [7, 11) is 2.06. The Kier molecular flexibility index (Phi) is 6.23. The SMILES string of the molecule is CNCCCC(c1cc2ccccc2s1)N1CCC(c2ccccc2)CC1. The Morgan fingerprint density at radius 3 is 2.52 bits per heavy atom. The summed E-state index contributed by atoms with van der Waals surface area (Å²) < 4.78 is 1.42. The van der Waals surface area contributed by atoms with Crippen molar-refractivity contribution in [3.8, 4) is 0 Å². The van der Waals surface area contributed by atoms with Crippen LogP contribution in [-0.2, 0) is 0 Å². The molecule has 0 aliphatic carbocycles. The summed E-state index contributed by atoms with van der Waals surface area (Å²) in [6, 6.07) is 22.9. The Bertz CT molecular complexity index is 801. The van der Waals surface area contributed by atoms with Gasteiger partial charge in [-0.25, -0.2) is 0 Å². The van der Waals surface area contributed by atoms with Crippen molar-refractivity contribution in [2.24, 2.45) is 0 Å². The summed E-state index contributed by atoms with van der Waals surface area (Å²) in [5.74, 6) is 0.725. The van der Waals surface area contributed by atoms with Gasteiger partial charge in [0, 0.05) is 15.6 Å². The van der Waals surface area contributed by atoms with Gasteiger partial charge in [0.2, 0.25) is 0 Å². The Hall–Kier alpha value is -1.68. The molecule has 142 valence electrons. The van der Waals surface area contributed by atoms with Crippen molar-refractivity contribution in [3.63, 3.8) is 0 Å². The van der Waals surface area contributed by atoms with Gasteiger partial charge in [0.05, 0.1) is 0 Å². The molecule has 1 aromatic heterocycles. The van der Waals surface area contributed by atoms with Crippen molar-refractivity contribution < 1.29 is 0 Å². The molecule has 1 N–H and O–H groups in total. The van der Waals surface area contributed by atoms with Crippen LogP contribution in [0.5, 0.6) is 0 Å². The molecule has 3 aromatic rings. The zero-order valence-electron chi connectivity index (χ0n) is 16.2. The molecule has 0 bridgehead atoms. The average Bonchev–Trinajstić information content (AvgIpc) is 3.16. The minimum atomic E-state index is 0.562. The van der Waals surface area contributed by atoms with Crippen LogP contribution < -0.4 is 5.32 Å². The van der Waals surface area contributed by atoms with Gasteiger partial charge in [-0.1, -0.05) is 48.5 Å². The number of hydrogen-bond donors (Lipinski definition) is 1. The highest BCUT2D eigenvalue weighted by molar-refractivity contribution is 7.19. The first-order chi connectivity index (χ1) is 13.3. The standard InChI is InChI=1S/C24H30N2S/c1-25-15-7-11-22(24-18-21-10-5-6-12-23(21)27-24)26-16-13-20(14-17-26)19-8-3-2-4-9-19/h2-6,8-10,12,18,20,22,25H,7,11,13-17H2,1H3. The predicted molar refractivity (Wildman–Crippen MR) is 118 cm³/mol. The second-order valence-electron chi connectivity index (χ2n) is 7.67. The minimum absolute atomic E-state index is 0.562. The number of hydrogen-bond acceptors (Lipinski definition) is 3. The van der Waals surface area contributed by atoms with Gasteiger partial charge in [-0.3, -0.25) is 4.90 Å². The summed E-state index contributed by atoms with van der Waals surface area (Å²) in [4.78, 5) is 4.30. The van der Waals surface area contributed by atoms with E-state index in [2.05, 4.69) is 77.9 Å². The van der Waals surface area contributed by atoms with Crippen molar-refractivity contribution in [1.82, 2.24) is 10.2 Å². The Labute approximate surface area is 167 Å². The van der Waals surface area contributed by atoms with Crippen LogP contribution in [0.3, 0.4) is 0 Å². The summed E-state index contributed by atoms with van der Waals surface area (Å²) in [5.41, 5.74) is 1.52. The lowest BCUT2D eigenvalue weighted by molar-refractivity contribution is 0.145. The van der Waals surface area contributed by atoms with E-state index in [1.165, 1.54) is 54.4 Å². The van der Waals surface area contributed by atoms with E-state index in [0.29, 0.717) is 6.04 Å². The van der Waals surface area contributed by atoms with Crippen LogP contribution in [-0.4, -0.2) is 31.6 Å². The van der Waals surface area contributed by atoms with E-state index in [0.717, 1.165) is 12.5 Å². The molecular formula is C24H30N2S. The molecule has 4 rings (SSSR count). The lowest BCUT2D eigenvalue weighted by atomic mass is 9.88. The molecule has 3 heteroatoms. The lowest BCUT2D eigenvalue weighted by Gasteiger charge is -2.37. The Morgan fingerprint density at radius 2 is 1.78 bits per heavy atom. The first-order valence-corrected chi connectivity index (χ1v) is 11.1. The molecule has 2 heterocycles. The highest BCUT2D eigenvalue weighted by Crippen LogP contribution is 2.38. The third kappa shape index (κ3) is 4.43. The maximum Gasteiger partial charge on any atom is 0.0442 e. The fourth-order valence-corrected chi connectivity index (χ4v) is 5.65. The van der Waals surface area contributed by atoms with E-state index < -0.39 is 0 Å². The Balaban J connectivity index is 1.49. The largest absolute Gasteiger partial charge is 0.320 e. The molecule has 0 radical (unpaired) electrons. The van der Waals surface area contributed by atoms with Crippen molar-refractivity contribution in [3.05, 3.63) is 71.1 Å². The molecule has 1 unspecified atom stereocenters. The molecule has 1 aliphatic rings. The average molecular weight is 379 g/mol. The number of likely N-dealkylation sites (tertiary alicyclic amines) is 1. The van der Waals surface area contributed by atoms with Crippen molar-refractivity contribution >= 4 is 21.4 Å². The van der Waals surface area contributed by atoms with E-state index in [1.54, 1.807) is 4.88 Å². The van der Waals surface area contributed by atoms with E-state index in [4.69, 9.17) is 0 Å². The molecule has 0 amide bonds. The molecule has 1 aliphatic heterocycles. The molecule has 1 atom stereocenters. The van der Waals surface area contributed by atoms with Gasteiger partial charge in [-0.15, -0.1) is 11.3 Å². The first kappa shape index (κ1) is 18.7. The van der Waals surface area contributed by atoms with Crippen LogP contribution in [0.2, 0.25) is 0 Å². The number of nitrogens with zero attached hydrogens (tertiary/aromatic N) is 1. The van der Waals surface area contributed by atoms with Crippen molar-refractivity contribution in [1.29, 1.82) is 0 Å². The van der Waals surface area contributed by atoms with E-state index in [9.17, 15) is 0 Å². The number of nitrogens with one attached hydrogen (secondary N) is 1. The van der Waals surface area contributed by atoms with Crippen molar-refractivity contribution in [2.75, 3.05) is 26.7 Å². The monoisotopic (exact) mass is 378 g/mol. The normalized spacial score (nSPS) is 17.4. The predicted octanol–water partition coefficient (Wildman–Crippen LogP) is 5.82. The number of benzene rings is 2. The van der Waals surface area contributed by atoms with Crippen LogP contribution in [0.15, 0.2) is 60.7 Å². The van der Waals surface area contributed by atoms with Gasteiger partial charge >= 0.3 is 0 Å². The zero-order valence-corrected chi connectivity index (χ0v) is 17.0. The topological polar surface area (TPSA) is 15.3 Å². The summed E-state index contributed by atoms with van der Waals surface area (Å²) in [5, 5.41) is 4.72. The zero-order chi connectivity index (χ0) is 18.5. The second kappa shape index (κ2) is 9.01. The number of rotatable bonds is 7. The van der Waals surface area contributed by atoms with E-state index >= 15 is 0 Å². The van der Waals surface area contributed by atoms with E-state index in [-0.39, 0.29) is 0 Å². The van der Waals surface area contributed by atoms with Gasteiger partial charge in [0.1, 0.15) is 0 Å². The molecule has 0 saturated carbocycles. The number of fused-ring (bicyclic) bond motifs is 1. The molecule has 1 fully saturated rings. The van der Waals surface area contributed by atoms with E-state index in [1.807, 2.05) is 11.3 Å². The molecular weight excluding hydrogens is 348 g/mol. The highest BCUT2D eigenvalue weighted by Gasteiger charge is 2.27. The maximum atomic E-state index is 3.32. The number of piperidine rings is 1. The van der Waals surface area contributed by atoms with Crippen LogP contribution in [0, 0.1) is 0 Å². The van der Waals surface area contributed by atoms with Crippen LogP contribution in [0.4, 0.5) is 0 Å². The molecule has 2 nitrogen and oxygen atoms in total. The number of thiophene rings is 1. The van der Waals surface area contributed by atoms with Gasteiger partial charge in [-0.05, 0) is 81.4 Å². The highest BCUT2D eigenvalue weighted by atomic mass is 32.1. The third-order valence-corrected chi connectivity index (χ3v) is 7.14. The lowest BCUT2D eigenvalue weighted by Crippen LogP contribution is -2.36. The minimum Gasteiger partial charge on any atom is -0.320 e. The first-order valence-electron chi connectivity index (χ1n) is 10.3. The fourth-order valence-electron chi connectivity index (χ4n) is 4.41. The van der Waals surface area contributed by atoms with Crippen LogP contribution >= 0.6 is 11.3 Å². The molecule has 2 aromatic carbocycles. The summed E-state index contributed by atoms with van der Waals surface area (Å²) in [6.07, 6.45) is 5.02. The van der Waals surface area contributed by atoms with Gasteiger partial charge in [-0.2, -0.15) is 0 Å². The maximum absolute atomic E-state index is 3.32. The van der Waals surface area contributed by atoms with Gasteiger partial charge in [0.15, 0.2) is 0 Å². The molecule has 1 saturated heterocycles.